The van der Waals surface area contributed by atoms with E-state index >= 15 is 0 Å². The SMILES string of the molecule is Cc1nc2nc(SCc3ccc(Cl)cc3)nn2c(Nc2cc(-c3ccccc3)[nH]n2)c1C. The van der Waals surface area contributed by atoms with Gasteiger partial charge in [-0.3, -0.25) is 5.10 Å². The quantitative estimate of drug-likeness (QED) is 0.310. The summed E-state index contributed by atoms with van der Waals surface area (Å²) in [5.41, 5.74) is 5.04. The zero-order valence-corrected chi connectivity index (χ0v) is 19.1. The fraction of sp³-hybridized carbons (Fsp3) is 0.130. The first-order valence-electron chi connectivity index (χ1n) is 10.1. The molecule has 0 amide bonds. The maximum Gasteiger partial charge on any atom is 0.255 e. The molecular weight excluding hydrogens is 442 g/mol. The van der Waals surface area contributed by atoms with Crippen molar-refractivity contribution in [3.63, 3.8) is 0 Å². The van der Waals surface area contributed by atoms with Crippen molar-refractivity contribution in [2.24, 2.45) is 0 Å². The number of benzene rings is 2. The number of H-pyrrole nitrogens is 1. The molecule has 160 valence electrons. The van der Waals surface area contributed by atoms with Gasteiger partial charge in [-0.05, 0) is 37.1 Å². The third-order valence-electron chi connectivity index (χ3n) is 5.14. The van der Waals surface area contributed by atoms with Crippen molar-refractivity contribution in [3.05, 3.63) is 82.5 Å². The molecule has 2 N–H and O–H groups in total. The van der Waals surface area contributed by atoms with Gasteiger partial charge in [-0.25, -0.2) is 4.98 Å². The molecule has 5 rings (SSSR count). The van der Waals surface area contributed by atoms with Gasteiger partial charge in [0.05, 0.1) is 5.69 Å². The lowest BCUT2D eigenvalue weighted by molar-refractivity contribution is 0.873. The number of fused-ring (bicyclic) bond motifs is 1. The lowest BCUT2D eigenvalue weighted by atomic mass is 10.1. The van der Waals surface area contributed by atoms with Crippen molar-refractivity contribution in [1.29, 1.82) is 0 Å². The van der Waals surface area contributed by atoms with Crippen molar-refractivity contribution in [2.75, 3.05) is 5.32 Å². The molecule has 0 bridgehead atoms. The number of thioether (sulfide) groups is 1. The Kier molecular flexibility index (Phi) is 5.55. The molecule has 0 saturated heterocycles. The van der Waals surface area contributed by atoms with Gasteiger partial charge in [0.2, 0.25) is 5.16 Å². The molecule has 3 heterocycles. The van der Waals surface area contributed by atoms with Crippen molar-refractivity contribution < 1.29 is 0 Å². The second-order valence-corrected chi connectivity index (χ2v) is 8.73. The van der Waals surface area contributed by atoms with Gasteiger partial charge in [0.15, 0.2) is 5.82 Å². The maximum absolute atomic E-state index is 5.97. The van der Waals surface area contributed by atoms with Crippen LogP contribution in [0.5, 0.6) is 0 Å². The van der Waals surface area contributed by atoms with E-state index in [2.05, 4.69) is 30.6 Å². The Labute approximate surface area is 194 Å². The molecule has 0 aliphatic carbocycles. The van der Waals surface area contributed by atoms with E-state index in [1.807, 2.05) is 74.5 Å². The van der Waals surface area contributed by atoms with E-state index in [1.165, 1.54) is 0 Å². The first-order chi connectivity index (χ1) is 15.6. The average molecular weight is 462 g/mol. The minimum atomic E-state index is 0.549. The zero-order chi connectivity index (χ0) is 22.1. The van der Waals surface area contributed by atoms with E-state index in [1.54, 1.807) is 16.3 Å². The molecule has 0 unspecified atom stereocenters. The van der Waals surface area contributed by atoms with Crippen LogP contribution >= 0.6 is 23.4 Å². The number of nitrogens with one attached hydrogen (secondary N) is 2. The molecule has 0 aliphatic heterocycles. The summed E-state index contributed by atoms with van der Waals surface area (Å²) in [6.45, 7) is 3.98. The van der Waals surface area contributed by atoms with E-state index in [4.69, 9.17) is 11.6 Å². The largest absolute Gasteiger partial charge is 0.323 e. The minimum Gasteiger partial charge on any atom is -0.323 e. The van der Waals surface area contributed by atoms with Gasteiger partial charge >= 0.3 is 0 Å². The molecule has 0 saturated carbocycles. The number of anilines is 2. The van der Waals surface area contributed by atoms with Crippen LogP contribution in [-0.2, 0) is 5.75 Å². The van der Waals surface area contributed by atoms with Gasteiger partial charge in [-0.1, -0.05) is 65.8 Å². The highest BCUT2D eigenvalue weighted by atomic mass is 35.5. The standard InChI is InChI=1S/C23H20ClN7S/c1-14-15(2)25-22-27-23(32-13-16-8-10-18(24)11-9-16)30-31(22)21(14)26-20-12-19(28-29-20)17-6-4-3-5-7-17/h3-12H,13H2,1-2H3,(H2,26,28,29). The highest BCUT2D eigenvalue weighted by Crippen LogP contribution is 2.27. The van der Waals surface area contributed by atoms with Gasteiger partial charge in [0.25, 0.3) is 5.78 Å². The second-order valence-electron chi connectivity index (χ2n) is 7.35. The summed E-state index contributed by atoms with van der Waals surface area (Å²) in [5.74, 6) is 2.79. The number of halogens is 1. The lowest BCUT2D eigenvalue weighted by Gasteiger charge is -2.10. The monoisotopic (exact) mass is 461 g/mol. The van der Waals surface area contributed by atoms with Crippen LogP contribution < -0.4 is 5.32 Å². The van der Waals surface area contributed by atoms with Crippen LogP contribution in [-0.4, -0.2) is 29.8 Å². The summed E-state index contributed by atoms with van der Waals surface area (Å²) in [6.07, 6.45) is 0. The summed E-state index contributed by atoms with van der Waals surface area (Å²) < 4.78 is 1.74. The minimum absolute atomic E-state index is 0.549. The van der Waals surface area contributed by atoms with E-state index in [0.717, 1.165) is 44.7 Å². The smallest absolute Gasteiger partial charge is 0.255 e. The first-order valence-corrected chi connectivity index (χ1v) is 11.4. The Bertz CT molecular complexity index is 1380. The zero-order valence-electron chi connectivity index (χ0n) is 17.5. The summed E-state index contributed by atoms with van der Waals surface area (Å²) in [6, 6.07) is 19.8. The summed E-state index contributed by atoms with van der Waals surface area (Å²) in [4.78, 5) is 9.22. The van der Waals surface area contributed by atoms with Crippen molar-refractivity contribution in [2.45, 2.75) is 24.8 Å². The molecule has 7 nitrogen and oxygen atoms in total. The number of aryl methyl sites for hydroxylation is 1. The molecule has 0 spiro atoms. The van der Waals surface area contributed by atoms with E-state index in [9.17, 15) is 0 Å². The van der Waals surface area contributed by atoms with Crippen molar-refractivity contribution in [1.82, 2.24) is 29.8 Å². The summed E-state index contributed by atoms with van der Waals surface area (Å²) in [5, 5.41) is 17.0. The predicted molar refractivity (Wildman–Crippen MR) is 129 cm³/mol. The van der Waals surface area contributed by atoms with Gasteiger partial charge in [0.1, 0.15) is 5.82 Å². The van der Waals surface area contributed by atoms with Crippen LogP contribution in [0.25, 0.3) is 17.0 Å². The Morgan fingerprint density at radius 3 is 2.59 bits per heavy atom. The molecule has 32 heavy (non-hydrogen) atoms. The number of nitrogens with zero attached hydrogens (tertiary/aromatic N) is 5. The summed E-state index contributed by atoms with van der Waals surface area (Å²) >= 11 is 7.53. The Morgan fingerprint density at radius 2 is 1.81 bits per heavy atom. The highest BCUT2D eigenvalue weighted by molar-refractivity contribution is 7.98. The molecule has 2 aromatic carbocycles. The first kappa shape index (κ1) is 20.5. The Hall–Kier alpha value is -3.36. The van der Waals surface area contributed by atoms with Gasteiger partial charge < -0.3 is 5.32 Å². The van der Waals surface area contributed by atoms with E-state index < -0.39 is 0 Å². The Balaban J connectivity index is 1.43. The third-order valence-corrected chi connectivity index (χ3v) is 6.30. The summed E-state index contributed by atoms with van der Waals surface area (Å²) in [7, 11) is 0. The van der Waals surface area contributed by atoms with Crippen LogP contribution in [0.15, 0.2) is 65.8 Å². The van der Waals surface area contributed by atoms with Crippen LogP contribution in [0.4, 0.5) is 11.6 Å². The fourth-order valence-electron chi connectivity index (χ4n) is 3.28. The highest BCUT2D eigenvalue weighted by Gasteiger charge is 2.16. The fourth-order valence-corrected chi connectivity index (χ4v) is 4.18. The van der Waals surface area contributed by atoms with Crippen LogP contribution in [0.3, 0.4) is 0 Å². The maximum atomic E-state index is 5.97. The van der Waals surface area contributed by atoms with E-state index in [0.29, 0.717) is 16.8 Å². The molecule has 0 aliphatic rings. The molecular formula is C23H20ClN7S. The van der Waals surface area contributed by atoms with Gasteiger partial charge in [-0.2, -0.15) is 14.6 Å². The van der Waals surface area contributed by atoms with Crippen LogP contribution in [0.1, 0.15) is 16.8 Å². The molecule has 0 fully saturated rings. The number of hydrogen-bond acceptors (Lipinski definition) is 6. The van der Waals surface area contributed by atoms with Gasteiger partial charge in [-0.15, -0.1) is 5.10 Å². The lowest BCUT2D eigenvalue weighted by Crippen LogP contribution is -2.06. The topological polar surface area (TPSA) is 83.8 Å². The number of aromatic nitrogens is 6. The van der Waals surface area contributed by atoms with Crippen molar-refractivity contribution in [3.8, 4) is 11.3 Å². The van der Waals surface area contributed by atoms with Crippen LogP contribution in [0.2, 0.25) is 5.02 Å². The molecule has 0 atom stereocenters. The average Bonchev–Trinajstić information content (AvgIpc) is 3.44. The predicted octanol–water partition coefficient (Wildman–Crippen LogP) is 5.82. The second kappa shape index (κ2) is 8.64. The number of rotatable bonds is 6. The number of aromatic amines is 1. The van der Waals surface area contributed by atoms with Crippen molar-refractivity contribution >= 4 is 40.8 Å². The van der Waals surface area contributed by atoms with E-state index in [-0.39, 0.29) is 0 Å². The molecule has 3 aromatic heterocycles. The molecule has 9 heteroatoms. The molecule has 0 radical (unpaired) electrons. The number of hydrogen-bond donors (Lipinski definition) is 2. The van der Waals surface area contributed by atoms with Crippen LogP contribution in [0, 0.1) is 13.8 Å². The Morgan fingerprint density at radius 1 is 1.03 bits per heavy atom. The van der Waals surface area contributed by atoms with Gasteiger partial charge in [0, 0.05) is 28.1 Å². The molecule has 5 aromatic rings. The normalized spacial score (nSPS) is 11.2. The third kappa shape index (κ3) is 4.19.